The Bertz CT molecular complexity index is 710. The number of benzene rings is 1. The van der Waals surface area contributed by atoms with Gasteiger partial charge < -0.3 is 0 Å². The molecule has 8 nitrogen and oxygen atoms in total. The Hall–Kier alpha value is -2.86. The van der Waals surface area contributed by atoms with E-state index in [9.17, 15) is 10.1 Å². The lowest BCUT2D eigenvalue weighted by Gasteiger charge is -2.15. The minimum atomic E-state index is -0.514. The predicted octanol–water partition coefficient (Wildman–Crippen LogP) is 3.51. The summed E-state index contributed by atoms with van der Waals surface area (Å²) in [7, 11) is 0. The van der Waals surface area contributed by atoms with E-state index >= 15 is 0 Å². The van der Waals surface area contributed by atoms with Gasteiger partial charge in [-0.25, -0.2) is 4.98 Å². The Labute approximate surface area is 136 Å². The summed E-state index contributed by atoms with van der Waals surface area (Å²) in [5, 5.41) is 29.1. The summed E-state index contributed by atoms with van der Waals surface area (Å²) >= 11 is 0.859. The van der Waals surface area contributed by atoms with Crippen molar-refractivity contribution in [1.82, 2.24) is 9.99 Å². The minimum Gasteiger partial charge on any atom is -0.277 e. The molecule has 0 bridgehead atoms. The van der Waals surface area contributed by atoms with Crippen molar-refractivity contribution < 1.29 is 4.92 Å². The van der Waals surface area contributed by atoms with Crippen LogP contribution < -0.4 is 0 Å². The summed E-state index contributed by atoms with van der Waals surface area (Å²) in [6.07, 6.45) is 2.25. The average Bonchev–Trinajstić information content (AvgIpc) is 3.04. The van der Waals surface area contributed by atoms with Crippen LogP contribution in [0.5, 0.6) is 0 Å². The first-order valence-corrected chi connectivity index (χ1v) is 7.68. The molecule has 0 amide bonds. The first kappa shape index (κ1) is 16.5. The van der Waals surface area contributed by atoms with Crippen molar-refractivity contribution in [1.29, 1.82) is 5.26 Å². The molecule has 0 saturated carbocycles. The van der Waals surface area contributed by atoms with Crippen molar-refractivity contribution in [3.63, 3.8) is 0 Å². The molecule has 0 atom stereocenters. The summed E-state index contributed by atoms with van der Waals surface area (Å²) in [4.78, 5) is 13.9. The Morgan fingerprint density at radius 2 is 2.13 bits per heavy atom. The van der Waals surface area contributed by atoms with Crippen molar-refractivity contribution in [2.75, 3.05) is 13.1 Å². The predicted molar refractivity (Wildman–Crippen MR) is 85.2 cm³/mol. The second-order valence-corrected chi connectivity index (χ2v) is 5.51. The van der Waals surface area contributed by atoms with Crippen LogP contribution in [0.15, 0.2) is 46.9 Å². The van der Waals surface area contributed by atoms with Crippen LogP contribution >= 0.6 is 11.3 Å². The number of rotatable bonds is 8. The largest absolute Gasteiger partial charge is 0.345 e. The second kappa shape index (κ2) is 8.55. The van der Waals surface area contributed by atoms with E-state index in [1.54, 1.807) is 5.01 Å². The molecule has 23 heavy (non-hydrogen) atoms. The summed E-state index contributed by atoms with van der Waals surface area (Å²) in [5.41, 5.74) is 1.16. The van der Waals surface area contributed by atoms with Crippen molar-refractivity contribution in [3.05, 3.63) is 52.2 Å². The molecule has 0 N–H and O–H groups in total. The lowest BCUT2D eigenvalue weighted by molar-refractivity contribution is -0.380. The standard InChI is InChI=1S/C14H14N6O2S/c15-8-4-9-19(10-7-12-5-2-1-3-6-12)18-17-14-16-11-13(23-14)20(21)22/h1-3,5-6,11H,4,7,9-10H2. The lowest BCUT2D eigenvalue weighted by Crippen LogP contribution is -2.21. The van der Waals surface area contributed by atoms with E-state index < -0.39 is 4.92 Å². The highest BCUT2D eigenvalue weighted by Gasteiger charge is 2.11. The van der Waals surface area contributed by atoms with E-state index in [4.69, 9.17) is 5.26 Å². The zero-order chi connectivity index (χ0) is 16.5. The third-order valence-electron chi connectivity index (χ3n) is 2.90. The molecular formula is C14H14N6O2S. The van der Waals surface area contributed by atoms with Gasteiger partial charge in [-0.15, -0.1) is 5.11 Å². The molecule has 2 rings (SSSR count). The highest BCUT2D eigenvalue weighted by atomic mass is 32.1. The monoisotopic (exact) mass is 330 g/mol. The Balaban J connectivity index is 1.98. The van der Waals surface area contributed by atoms with Gasteiger partial charge in [0.2, 0.25) is 5.13 Å². The smallest absolute Gasteiger partial charge is 0.277 e. The molecule has 0 saturated heterocycles. The molecule has 118 valence electrons. The number of hydrogen-bond donors (Lipinski definition) is 0. The van der Waals surface area contributed by atoms with Crippen LogP contribution in [0.2, 0.25) is 0 Å². The molecular weight excluding hydrogens is 316 g/mol. The third-order valence-corrected chi connectivity index (χ3v) is 3.73. The van der Waals surface area contributed by atoms with Crippen LogP contribution in [0.4, 0.5) is 10.1 Å². The van der Waals surface area contributed by atoms with Crippen molar-refractivity contribution in [2.24, 2.45) is 10.3 Å². The van der Waals surface area contributed by atoms with E-state index in [0.717, 1.165) is 29.5 Å². The van der Waals surface area contributed by atoms with Gasteiger partial charge in [0.05, 0.1) is 24.0 Å². The van der Waals surface area contributed by atoms with Crippen LogP contribution in [-0.4, -0.2) is 28.0 Å². The molecule has 0 fully saturated rings. The highest BCUT2D eigenvalue weighted by molar-refractivity contribution is 7.18. The first-order valence-electron chi connectivity index (χ1n) is 6.86. The number of aromatic nitrogens is 1. The zero-order valence-corrected chi connectivity index (χ0v) is 13.0. The molecule has 1 heterocycles. The highest BCUT2D eigenvalue weighted by Crippen LogP contribution is 2.27. The molecule has 0 aliphatic heterocycles. The van der Waals surface area contributed by atoms with Crippen LogP contribution in [-0.2, 0) is 6.42 Å². The van der Waals surface area contributed by atoms with Crippen LogP contribution in [0.25, 0.3) is 0 Å². The SMILES string of the molecule is N#CCCN(CCc1ccccc1)N=Nc1ncc([N+](=O)[O-])s1. The van der Waals surface area contributed by atoms with Gasteiger partial charge in [-0.05, 0) is 23.3 Å². The maximum Gasteiger partial charge on any atom is 0.345 e. The van der Waals surface area contributed by atoms with Gasteiger partial charge in [0.1, 0.15) is 6.20 Å². The van der Waals surface area contributed by atoms with Crippen LogP contribution in [0.3, 0.4) is 0 Å². The van der Waals surface area contributed by atoms with E-state index in [-0.39, 0.29) is 10.1 Å². The lowest BCUT2D eigenvalue weighted by atomic mass is 10.1. The van der Waals surface area contributed by atoms with Crippen LogP contribution in [0, 0.1) is 21.4 Å². The normalized spacial score (nSPS) is 10.6. The molecule has 1 aromatic heterocycles. The van der Waals surface area contributed by atoms with Gasteiger partial charge in [-0.2, -0.15) is 5.26 Å². The third kappa shape index (κ3) is 5.44. The topological polar surface area (TPSA) is 108 Å². The van der Waals surface area contributed by atoms with Gasteiger partial charge >= 0.3 is 5.00 Å². The molecule has 1 aromatic carbocycles. The van der Waals surface area contributed by atoms with Gasteiger partial charge in [-0.3, -0.25) is 15.1 Å². The number of nitriles is 1. The molecule has 0 spiro atoms. The zero-order valence-electron chi connectivity index (χ0n) is 12.2. The number of hydrogen-bond acceptors (Lipinski definition) is 7. The van der Waals surface area contributed by atoms with Gasteiger partial charge in [0, 0.05) is 6.54 Å². The molecule has 9 heteroatoms. The minimum absolute atomic E-state index is 0.0770. The Morgan fingerprint density at radius 3 is 2.78 bits per heavy atom. The summed E-state index contributed by atoms with van der Waals surface area (Å²) in [6, 6.07) is 12.0. The Kier molecular flexibility index (Phi) is 6.14. The number of thiazole rings is 1. The van der Waals surface area contributed by atoms with E-state index in [0.29, 0.717) is 19.5 Å². The van der Waals surface area contributed by atoms with Gasteiger partial charge in [-0.1, -0.05) is 35.6 Å². The van der Waals surface area contributed by atoms with Gasteiger partial charge in [0.25, 0.3) is 0 Å². The van der Waals surface area contributed by atoms with E-state index in [1.165, 1.54) is 0 Å². The maximum absolute atomic E-state index is 10.6. The molecule has 0 aliphatic carbocycles. The quantitative estimate of drug-likeness (QED) is 0.418. The fourth-order valence-electron chi connectivity index (χ4n) is 1.77. The molecule has 2 aromatic rings. The van der Waals surface area contributed by atoms with Crippen molar-refractivity contribution in [2.45, 2.75) is 12.8 Å². The van der Waals surface area contributed by atoms with Gasteiger partial charge in [0.15, 0.2) is 0 Å². The summed E-state index contributed by atoms with van der Waals surface area (Å²) in [6.45, 7) is 1.04. The molecule has 0 aliphatic rings. The van der Waals surface area contributed by atoms with Crippen molar-refractivity contribution >= 4 is 21.5 Å². The Morgan fingerprint density at radius 1 is 1.35 bits per heavy atom. The van der Waals surface area contributed by atoms with E-state index in [1.807, 2.05) is 30.3 Å². The number of nitro groups is 1. The number of nitrogens with zero attached hydrogens (tertiary/aromatic N) is 6. The summed E-state index contributed by atoms with van der Waals surface area (Å²) < 4.78 is 0. The van der Waals surface area contributed by atoms with E-state index in [2.05, 4.69) is 21.4 Å². The first-order chi connectivity index (χ1) is 11.2. The fourth-order valence-corrected chi connectivity index (χ4v) is 2.32. The van der Waals surface area contributed by atoms with Crippen LogP contribution in [0.1, 0.15) is 12.0 Å². The second-order valence-electron chi connectivity index (χ2n) is 4.53. The molecule has 0 unspecified atom stereocenters. The van der Waals surface area contributed by atoms with Crippen molar-refractivity contribution in [3.8, 4) is 6.07 Å². The fraction of sp³-hybridized carbons (Fsp3) is 0.286. The average molecular weight is 330 g/mol. The maximum atomic E-state index is 10.6. The molecule has 0 radical (unpaired) electrons. The summed E-state index contributed by atoms with van der Waals surface area (Å²) in [5.74, 6) is 0.